The molecule has 2 aromatic rings. The van der Waals surface area contributed by atoms with Gasteiger partial charge >= 0.3 is 0 Å². The summed E-state index contributed by atoms with van der Waals surface area (Å²) in [7, 11) is 0. The van der Waals surface area contributed by atoms with Gasteiger partial charge in [-0.3, -0.25) is 0 Å². The SMILES string of the molecule is CCCC(CCC(C)c1cccs1)c1ccsc1. The van der Waals surface area contributed by atoms with E-state index in [0.717, 1.165) is 5.92 Å². The van der Waals surface area contributed by atoms with E-state index in [9.17, 15) is 0 Å². The molecule has 0 aliphatic heterocycles. The first kappa shape index (κ1) is 13.8. The average molecular weight is 278 g/mol. The first-order chi connectivity index (χ1) is 8.81. The van der Waals surface area contributed by atoms with Crippen molar-refractivity contribution in [1.82, 2.24) is 0 Å². The molecule has 0 N–H and O–H groups in total. The molecule has 0 nitrogen and oxygen atoms in total. The lowest BCUT2D eigenvalue weighted by Crippen LogP contribution is -2.00. The van der Waals surface area contributed by atoms with Gasteiger partial charge in [0.1, 0.15) is 0 Å². The highest BCUT2D eigenvalue weighted by molar-refractivity contribution is 7.10. The average Bonchev–Trinajstić information content (AvgIpc) is 3.04. The molecule has 0 aliphatic carbocycles. The minimum Gasteiger partial charge on any atom is -0.152 e. The molecule has 0 bridgehead atoms. The molecular weight excluding hydrogens is 256 g/mol. The topological polar surface area (TPSA) is 0 Å². The highest BCUT2D eigenvalue weighted by Gasteiger charge is 2.14. The molecule has 0 aromatic carbocycles. The van der Waals surface area contributed by atoms with Gasteiger partial charge in [-0.2, -0.15) is 11.3 Å². The molecule has 2 aromatic heterocycles. The van der Waals surface area contributed by atoms with Gasteiger partial charge in [0.25, 0.3) is 0 Å². The molecule has 0 saturated heterocycles. The van der Waals surface area contributed by atoms with Crippen LogP contribution in [0.3, 0.4) is 0 Å². The minimum absolute atomic E-state index is 0.711. The number of rotatable bonds is 7. The van der Waals surface area contributed by atoms with Crippen molar-refractivity contribution in [2.45, 2.75) is 51.4 Å². The van der Waals surface area contributed by atoms with Crippen molar-refractivity contribution in [2.24, 2.45) is 0 Å². The van der Waals surface area contributed by atoms with Crippen LogP contribution in [0.15, 0.2) is 34.3 Å². The summed E-state index contributed by atoms with van der Waals surface area (Å²) in [6.07, 6.45) is 5.24. The molecule has 0 spiro atoms. The summed E-state index contributed by atoms with van der Waals surface area (Å²) in [6.45, 7) is 4.66. The molecule has 2 rings (SSSR count). The van der Waals surface area contributed by atoms with Crippen molar-refractivity contribution in [1.29, 1.82) is 0 Å². The van der Waals surface area contributed by atoms with Crippen molar-refractivity contribution < 1.29 is 0 Å². The quantitative estimate of drug-likeness (QED) is 0.559. The number of hydrogen-bond donors (Lipinski definition) is 0. The molecule has 0 saturated carbocycles. The molecule has 2 heterocycles. The minimum atomic E-state index is 0.711. The molecule has 98 valence electrons. The predicted molar refractivity (Wildman–Crippen MR) is 83.9 cm³/mol. The van der Waals surface area contributed by atoms with Gasteiger partial charge in [0.05, 0.1) is 0 Å². The van der Waals surface area contributed by atoms with E-state index >= 15 is 0 Å². The first-order valence-corrected chi connectivity index (χ1v) is 8.69. The van der Waals surface area contributed by atoms with E-state index in [2.05, 4.69) is 48.2 Å². The normalized spacial score (nSPS) is 14.6. The Morgan fingerprint density at radius 1 is 1.11 bits per heavy atom. The molecule has 18 heavy (non-hydrogen) atoms. The highest BCUT2D eigenvalue weighted by Crippen LogP contribution is 2.33. The second-order valence-electron chi connectivity index (χ2n) is 5.04. The van der Waals surface area contributed by atoms with Crippen molar-refractivity contribution in [3.63, 3.8) is 0 Å². The highest BCUT2D eigenvalue weighted by atomic mass is 32.1. The van der Waals surface area contributed by atoms with Gasteiger partial charge in [-0.15, -0.1) is 11.3 Å². The van der Waals surface area contributed by atoms with Crippen molar-refractivity contribution in [2.75, 3.05) is 0 Å². The summed E-state index contributed by atoms with van der Waals surface area (Å²) in [5.41, 5.74) is 1.56. The molecule has 2 heteroatoms. The van der Waals surface area contributed by atoms with Crippen LogP contribution in [-0.4, -0.2) is 0 Å². The third kappa shape index (κ3) is 3.69. The zero-order chi connectivity index (χ0) is 12.8. The monoisotopic (exact) mass is 278 g/mol. The molecule has 0 aliphatic rings. The summed E-state index contributed by atoms with van der Waals surface area (Å²) in [4.78, 5) is 1.54. The van der Waals surface area contributed by atoms with E-state index in [0.29, 0.717) is 5.92 Å². The smallest absolute Gasteiger partial charge is 0.00734 e. The Balaban J connectivity index is 1.90. The lowest BCUT2D eigenvalue weighted by molar-refractivity contribution is 0.518. The third-order valence-electron chi connectivity index (χ3n) is 3.63. The summed E-state index contributed by atoms with van der Waals surface area (Å²) in [5.74, 6) is 1.48. The van der Waals surface area contributed by atoms with Gasteiger partial charge in [-0.1, -0.05) is 26.3 Å². The second kappa shape index (κ2) is 7.10. The summed E-state index contributed by atoms with van der Waals surface area (Å²) >= 11 is 3.72. The van der Waals surface area contributed by atoms with Crippen LogP contribution < -0.4 is 0 Å². The van der Waals surface area contributed by atoms with E-state index in [1.54, 1.807) is 5.56 Å². The van der Waals surface area contributed by atoms with Crippen LogP contribution in [0.4, 0.5) is 0 Å². The maximum atomic E-state index is 2.36. The van der Waals surface area contributed by atoms with Crippen LogP contribution in [0.2, 0.25) is 0 Å². The summed E-state index contributed by atoms with van der Waals surface area (Å²) < 4.78 is 0. The largest absolute Gasteiger partial charge is 0.152 e. The zero-order valence-corrected chi connectivity index (χ0v) is 12.9. The van der Waals surface area contributed by atoms with Crippen LogP contribution >= 0.6 is 22.7 Å². The van der Waals surface area contributed by atoms with E-state index in [1.165, 1.54) is 30.6 Å². The Hall–Kier alpha value is -0.600. The summed E-state index contributed by atoms with van der Waals surface area (Å²) in [5, 5.41) is 6.73. The Bertz CT molecular complexity index is 414. The van der Waals surface area contributed by atoms with E-state index in [1.807, 2.05) is 22.7 Å². The van der Waals surface area contributed by atoms with E-state index in [4.69, 9.17) is 0 Å². The van der Waals surface area contributed by atoms with Crippen molar-refractivity contribution in [3.8, 4) is 0 Å². The Labute approximate surface area is 119 Å². The van der Waals surface area contributed by atoms with Crippen molar-refractivity contribution >= 4 is 22.7 Å². The van der Waals surface area contributed by atoms with Crippen LogP contribution in [-0.2, 0) is 0 Å². The van der Waals surface area contributed by atoms with Crippen LogP contribution in [0.1, 0.15) is 61.8 Å². The van der Waals surface area contributed by atoms with Gasteiger partial charge in [-0.05, 0) is 64.9 Å². The maximum Gasteiger partial charge on any atom is 0.00734 e. The Morgan fingerprint density at radius 3 is 2.61 bits per heavy atom. The fourth-order valence-electron chi connectivity index (χ4n) is 2.50. The maximum absolute atomic E-state index is 2.36. The predicted octanol–water partition coefficient (Wildman–Crippen LogP) is 6.28. The lowest BCUT2D eigenvalue weighted by atomic mass is 9.89. The molecular formula is C16H22S2. The van der Waals surface area contributed by atoms with Gasteiger partial charge in [0.15, 0.2) is 0 Å². The molecule has 0 amide bonds. The van der Waals surface area contributed by atoms with Crippen LogP contribution in [0, 0.1) is 0 Å². The second-order valence-corrected chi connectivity index (χ2v) is 6.80. The number of hydrogen-bond acceptors (Lipinski definition) is 2. The van der Waals surface area contributed by atoms with Gasteiger partial charge < -0.3 is 0 Å². The lowest BCUT2D eigenvalue weighted by Gasteiger charge is -2.17. The van der Waals surface area contributed by atoms with E-state index < -0.39 is 0 Å². The third-order valence-corrected chi connectivity index (χ3v) is 5.43. The number of thiophene rings is 2. The fourth-order valence-corrected chi connectivity index (χ4v) is 4.06. The molecule has 0 radical (unpaired) electrons. The Morgan fingerprint density at radius 2 is 2.00 bits per heavy atom. The fraction of sp³-hybridized carbons (Fsp3) is 0.500. The standard InChI is InChI=1S/C16H22S2/c1-3-5-14(15-9-11-17-12-15)8-7-13(2)16-6-4-10-18-16/h4,6,9-14H,3,5,7-8H2,1-2H3. The van der Waals surface area contributed by atoms with Crippen LogP contribution in [0.25, 0.3) is 0 Å². The van der Waals surface area contributed by atoms with Gasteiger partial charge in [-0.25, -0.2) is 0 Å². The van der Waals surface area contributed by atoms with Gasteiger partial charge in [0, 0.05) is 4.88 Å². The Kier molecular flexibility index (Phi) is 5.45. The van der Waals surface area contributed by atoms with Gasteiger partial charge in [0.2, 0.25) is 0 Å². The van der Waals surface area contributed by atoms with E-state index in [-0.39, 0.29) is 0 Å². The first-order valence-electron chi connectivity index (χ1n) is 6.86. The molecule has 2 atom stereocenters. The summed E-state index contributed by atoms with van der Waals surface area (Å²) in [6, 6.07) is 6.74. The van der Waals surface area contributed by atoms with Crippen molar-refractivity contribution in [3.05, 3.63) is 44.8 Å². The van der Waals surface area contributed by atoms with Crippen LogP contribution in [0.5, 0.6) is 0 Å². The zero-order valence-electron chi connectivity index (χ0n) is 11.3. The molecule has 0 fully saturated rings. The molecule has 2 unspecified atom stereocenters.